The summed E-state index contributed by atoms with van der Waals surface area (Å²) in [5.41, 5.74) is 2.35. The molecule has 3 nitrogen and oxygen atoms in total. The Bertz CT molecular complexity index is 775. The van der Waals surface area contributed by atoms with Crippen molar-refractivity contribution in [3.63, 3.8) is 0 Å². The van der Waals surface area contributed by atoms with Crippen LogP contribution < -0.4 is 9.47 Å². The van der Waals surface area contributed by atoms with Crippen molar-refractivity contribution in [1.82, 2.24) is 0 Å². The molecule has 0 aromatic heterocycles. The monoisotopic (exact) mass is 340 g/mol. The molecule has 1 aromatic carbocycles. The van der Waals surface area contributed by atoms with Gasteiger partial charge in [-0.25, -0.2) is 0 Å². The summed E-state index contributed by atoms with van der Waals surface area (Å²) in [6.07, 6.45) is 6.73. The van der Waals surface area contributed by atoms with Crippen molar-refractivity contribution in [3.05, 3.63) is 35.4 Å². The standard InChI is InChI=1S/C22H28O3/c1-20(2)10-6-11-21(3)18(19(23)15-9-12-22(15,20)21)14-7-8-16(24-4)17(13-14)25-5/h7-9,13,18H,6,10-12H2,1-5H3. The number of methoxy groups -OCH3 is 2. The van der Waals surface area contributed by atoms with Crippen LogP contribution in [-0.4, -0.2) is 20.0 Å². The molecule has 1 spiro atoms. The molecule has 0 heterocycles. The Morgan fingerprint density at radius 3 is 2.36 bits per heavy atom. The number of rotatable bonds is 3. The molecule has 0 aliphatic heterocycles. The van der Waals surface area contributed by atoms with Crippen LogP contribution in [0.15, 0.2) is 29.8 Å². The van der Waals surface area contributed by atoms with Crippen LogP contribution in [-0.2, 0) is 4.79 Å². The fraction of sp³-hybridized carbons (Fsp3) is 0.591. The average molecular weight is 340 g/mol. The first kappa shape index (κ1) is 16.7. The highest BCUT2D eigenvalue weighted by Gasteiger charge is 2.72. The van der Waals surface area contributed by atoms with E-state index in [0.717, 1.165) is 24.0 Å². The highest BCUT2D eigenvalue weighted by molar-refractivity contribution is 6.07. The summed E-state index contributed by atoms with van der Waals surface area (Å²) in [6.45, 7) is 7.08. The second-order valence-electron chi connectivity index (χ2n) is 8.79. The molecule has 3 unspecified atom stereocenters. The number of allylic oxidation sites excluding steroid dienone is 2. The van der Waals surface area contributed by atoms with E-state index in [4.69, 9.17) is 9.47 Å². The molecule has 1 aromatic rings. The Balaban J connectivity index is 1.87. The Kier molecular flexibility index (Phi) is 3.42. The van der Waals surface area contributed by atoms with E-state index in [1.165, 1.54) is 12.8 Å². The predicted octanol–water partition coefficient (Wildman–Crippen LogP) is 4.90. The summed E-state index contributed by atoms with van der Waals surface area (Å²) in [6, 6.07) is 5.99. The average Bonchev–Trinajstić information content (AvgIpc) is 2.66. The second kappa shape index (κ2) is 5.12. The van der Waals surface area contributed by atoms with E-state index in [1.807, 2.05) is 12.1 Å². The lowest BCUT2D eigenvalue weighted by Crippen LogP contribution is -2.54. The lowest BCUT2D eigenvalue weighted by molar-refractivity contribution is -0.117. The van der Waals surface area contributed by atoms with Gasteiger partial charge in [-0.1, -0.05) is 39.3 Å². The molecule has 3 heteroatoms. The van der Waals surface area contributed by atoms with Gasteiger partial charge in [-0.3, -0.25) is 4.79 Å². The van der Waals surface area contributed by atoms with E-state index >= 15 is 0 Å². The number of Topliss-reactive ketones (excluding diaryl/α,β-unsaturated/α-hetero) is 1. The van der Waals surface area contributed by atoms with Crippen molar-refractivity contribution in [1.29, 1.82) is 0 Å². The first-order valence-corrected chi connectivity index (χ1v) is 9.29. The van der Waals surface area contributed by atoms with Gasteiger partial charge < -0.3 is 9.47 Å². The van der Waals surface area contributed by atoms with Crippen LogP contribution in [0, 0.1) is 16.2 Å². The molecule has 0 amide bonds. The maximum absolute atomic E-state index is 13.4. The van der Waals surface area contributed by atoms with Crippen LogP contribution in [0.2, 0.25) is 0 Å². The largest absolute Gasteiger partial charge is 0.493 e. The smallest absolute Gasteiger partial charge is 0.167 e. The lowest BCUT2D eigenvalue weighted by Gasteiger charge is -2.61. The number of carbonyl (C=O) groups excluding carboxylic acids is 1. The summed E-state index contributed by atoms with van der Waals surface area (Å²) >= 11 is 0. The Morgan fingerprint density at radius 2 is 1.76 bits per heavy atom. The normalized spacial score (nSPS) is 35.3. The van der Waals surface area contributed by atoms with Crippen LogP contribution >= 0.6 is 0 Å². The van der Waals surface area contributed by atoms with Crippen LogP contribution in [0.1, 0.15) is 57.9 Å². The van der Waals surface area contributed by atoms with Crippen molar-refractivity contribution in [2.45, 2.75) is 52.4 Å². The molecule has 0 bridgehead atoms. The molecular formula is C22H28O3. The van der Waals surface area contributed by atoms with E-state index in [2.05, 4.69) is 32.9 Å². The van der Waals surface area contributed by atoms with Gasteiger partial charge in [-0.2, -0.15) is 0 Å². The van der Waals surface area contributed by atoms with Crippen molar-refractivity contribution < 1.29 is 14.3 Å². The maximum atomic E-state index is 13.4. The molecule has 134 valence electrons. The molecule has 3 aliphatic carbocycles. The van der Waals surface area contributed by atoms with Gasteiger partial charge in [0, 0.05) is 5.41 Å². The molecule has 0 saturated heterocycles. The Hall–Kier alpha value is -1.77. The number of ether oxygens (including phenoxy) is 2. The van der Waals surface area contributed by atoms with Crippen LogP contribution in [0.5, 0.6) is 11.5 Å². The molecule has 0 N–H and O–H groups in total. The third kappa shape index (κ3) is 1.79. The summed E-state index contributed by atoms with van der Waals surface area (Å²) in [5.74, 6) is 1.66. The van der Waals surface area contributed by atoms with Crippen molar-refractivity contribution >= 4 is 5.78 Å². The van der Waals surface area contributed by atoms with Crippen LogP contribution in [0.4, 0.5) is 0 Å². The highest BCUT2D eigenvalue weighted by atomic mass is 16.5. The van der Waals surface area contributed by atoms with E-state index in [-0.39, 0.29) is 22.2 Å². The minimum atomic E-state index is -0.0827. The Labute approximate surface area is 150 Å². The topological polar surface area (TPSA) is 35.5 Å². The molecular weight excluding hydrogens is 312 g/mol. The number of carbonyl (C=O) groups is 1. The second-order valence-corrected chi connectivity index (χ2v) is 8.79. The maximum Gasteiger partial charge on any atom is 0.167 e. The van der Waals surface area contributed by atoms with E-state index < -0.39 is 0 Å². The number of benzene rings is 1. The number of hydrogen-bond donors (Lipinski definition) is 0. The molecule has 0 radical (unpaired) electrons. The molecule has 25 heavy (non-hydrogen) atoms. The van der Waals surface area contributed by atoms with Gasteiger partial charge in [0.1, 0.15) is 0 Å². The lowest BCUT2D eigenvalue weighted by atomic mass is 9.41. The summed E-state index contributed by atoms with van der Waals surface area (Å²) in [4.78, 5) is 13.4. The van der Waals surface area contributed by atoms with E-state index in [1.54, 1.807) is 14.2 Å². The van der Waals surface area contributed by atoms with Crippen LogP contribution in [0.3, 0.4) is 0 Å². The fourth-order valence-electron chi connectivity index (χ4n) is 6.39. The molecule has 3 atom stereocenters. The van der Waals surface area contributed by atoms with Gasteiger partial charge in [0.25, 0.3) is 0 Å². The quantitative estimate of drug-likeness (QED) is 0.785. The van der Waals surface area contributed by atoms with Crippen molar-refractivity contribution in [2.75, 3.05) is 14.2 Å². The summed E-state index contributed by atoms with van der Waals surface area (Å²) in [7, 11) is 3.29. The number of ketones is 1. The van der Waals surface area contributed by atoms with Gasteiger partial charge in [0.2, 0.25) is 0 Å². The van der Waals surface area contributed by atoms with Gasteiger partial charge in [-0.15, -0.1) is 0 Å². The zero-order valence-corrected chi connectivity index (χ0v) is 15.9. The predicted molar refractivity (Wildman–Crippen MR) is 98.2 cm³/mol. The van der Waals surface area contributed by atoms with Crippen molar-refractivity contribution in [3.8, 4) is 11.5 Å². The zero-order valence-electron chi connectivity index (χ0n) is 15.9. The van der Waals surface area contributed by atoms with Gasteiger partial charge >= 0.3 is 0 Å². The highest BCUT2D eigenvalue weighted by Crippen LogP contribution is 2.77. The minimum absolute atomic E-state index is 0.0183. The first-order chi connectivity index (χ1) is 11.8. The Morgan fingerprint density at radius 1 is 1.04 bits per heavy atom. The van der Waals surface area contributed by atoms with Gasteiger partial charge in [0.05, 0.1) is 20.1 Å². The number of hydrogen-bond acceptors (Lipinski definition) is 3. The first-order valence-electron chi connectivity index (χ1n) is 9.29. The molecule has 2 saturated carbocycles. The zero-order chi connectivity index (χ0) is 18.0. The van der Waals surface area contributed by atoms with Crippen molar-refractivity contribution in [2.24, 2.45) is 16.2 Å². The van der Waals surface area contributed by atoms with Crippen LogP contribution in [0.25, 0.3) is 0 Å². The van der Waals surface area contributed by atoms with Gasteiger partial charge in [-0.05, 0) is 53.4 Å². The fourth-order valence-corrected chi connectivity index (χ4v) is 6.39. The van der Waals surface area contributed by atoms with E-state index in [9.17, 15) is 4.79 Å². The summed E-state index contributed by atoms with van der Waals surface area (Å²) < 4.78 is 10.9. The van der Waals surface area contributed by atoms with Gasteiger partial charge in [0.15, 0.2) is 17.3 Å². The minimum Gasteiger partial charge on any atom is -0.493 e. The SMILES string of the molecule is COc1ccc(C2C(=O)C3=CCC34C(C)(C)CCCC24C)cc1OC. The third-order valence-electron chi connectivity index (χ3n) is 7.61. The third-order valence-corrected chi connectivity index (χ3v) is 7.61. The molecule has 3 aliphatic rings. The molecule has 2 fully saturated rings. The van der Waals surface area contributed by atoms with E-state index in [0.29, 0.717) is 17.3 Å². The summed E-state index contributed by atoms with van der Waals surface area (Å²) in [5, 5.41) is 0. The molecule has 4 rings (SSSR count).